The summed E-state index contributed by atoms with van der Waals surface area (Å²) in [5.41, 5.74) is 3.61. The lowest BCUT2D eigenvalue weighted by atomic mass is 10.0. The van der Waals surface area contributed by atoms with Crippen molar-refractivity contribution in [3.63, 3.8) is 0 Å². The Morgan fingerprint density at radius 2 is 0.957 bits per heavy atom. The van der Waals surface area contributed by atoms with Gasteiger partial charge in [0.15, 0.2) is 0 Å². The summed E-state index contributed by atoms with van der Waals surface area (Å²) in [7, 11) is 0. The maximum atomic E-state index is 9.62. The minimum Gasteiger partial charge on any atom is -0.491 e. The molecule has 0 saturated carbocycles. The molecule has 6 nitrogen and oxygen atoms in total. The predicted molar refractivity (Wildman–Crippen MR) is 196 cm³/mol. The fraction of sp³-hybridized carbons (Fsp3) is 0.600. The Hall–Kier alpha value is -2.42. The first kappa shape index (κ1) is 39.0. The molecule has 0 amide bonds. The van der Waals surface area contributed by atoms with E-state index in [0.717, 1.165) is 17.5 Å². The highest BCUT2D eigenvalue weighted by Crippen LogP contribution is 2.40. The highest BCUT2D eigenvalue weighted by molar-refractivity contribution is 7.19. The summed E-state index contributed by atoms with van der Waals surface area (Å²) in [4.78, 5) is 2.45. The number of hydrogen-bond acceptors (Lipinski definition) is 7. The fourth-order valence-electron chi connectivity index (χ4n) is 5.77. The summed E-state index contributed by atoms with van der Waals surface area (Å²) in [5, 5.41) is 37.3. The second-order valence-electron chi connectivity index (χ2n) is 12.9. The Bertz CT molecular complexity index is 1190. The molecule has 1 heterocycles. The van der Waals surface area contributed by atoms with Gasteiger partial charge in [-0.15, -0.1) is 11.3 Å². The van der Waals surface area contributed by atoms with E-state index in [1.54, 1.807) is 11.3 Å². The van der Waals surface area contributed by atoms with Crippen molar-refractivity contribution in [1.29, 1.82) is 0 Å². The highest BCUT2D eigenvalue weighted by Gasteiger charge is 2.14. The summed E-state index contributed by atoms with van der Waals surface area (Å²) in [6, 6.07) is 18.2. The van der Waals surface area contributed by atoms with Crippen LogP contribution in [0.15, 0.2) is 54.6 Å². The summed E-state index contributed by atoms with van der Waals surface area (Å²) < 4.78 is 11.2. The second kappa shape index (κ2) is 23.8. The molecule has 7 heteroatoms. The molecule has 2 unspecified atom stereocenters. The second-order valence-corrected chi connectivity index (χ2v) is 13.9. The number of ether oxygens (including phenoxy) is 2. The fourth-order valence-corrected chi connectivity index (χ4v) is 6.99. The van der Waals surface area contributed by atoms with Gasteiger partial charge in [-0.25, -0.2) is 0 Å². The van der Waals surface area contributed by atoms with Crippen LogP contribution in [0.25, 0.3) is 20.9 Å². The summed E-state index contributed by atoms with van der Waals surface area (Å²) in [6.07, 6.45) is 21.1. The quantitative estimate of drug-likeness (QED) is 0.0605. The summed E-state index contributed by atoms with van der Waals surface area (Å²) in [6.45, 7) is 1.75. The number of aliphatic hydroxyl groups is 4. The maximum absolute atomic E-state index is 9.62. The molecule has 0 aliphatic rings. The van der Waals surface area contributed by atoms with Gasteiger partial charge in [0.05, 0.1) is 13.2 Å². The van der Waals surface area contributed by atoms with Gasteiger partial charge in [-0.3, -0.25) is 0 Å². The molecule has 0 fully saturated rings. The smallest absolute Gasteiger partial charge is 0.119 e. The molecule has 0 saturated heterocycles. The first-order chi connectivity index (χ1) is 23.0. The Labute approximate surface area is 287 Å². The topological polar surface area (TPSA) is 99.4 Å². The predicted octanol–water partition coefficient (Wildman–Crippen LogP) is 9.35. The normalized spacial score (nSPS) is 12.7. The number of hydrogen-bond donors (Lipinski definition) is 4. The van der Waals surface area contributed by atoms with Gasteiger partial charge in [-0.05, 0) is 84.1 Å². The third-order valence-electron chi connectivity index (χ3n) is 8.67. The van der Waals surface area contributed by atoms with E-state index >= 15 is 0 Å². The van der Waals surface area contributed by atoms with E-state index < -0.39 is 12.2 Å². The van der Waals surface area contributed by atoms with Gasteiger partial charge in [0.25, 0.3) is 0 Å². The van der Waals surface area contributed by atoms with Crippen molar-refractivity contribution < 1.29 is 29.9 Å². The minimum atomic E-state index is -0.891. The van der Waals surface area contributed by atoms with Crippen LogP contribution in [-0.2, 0) is 6.42 Å². The molecule has 4 N–H and O–H groups in total. The summed E-state index contributed by atoms with van der Waals surface area (Å²) in [5.74, 6) is 1.33. The van der Waals surface area contributed by atoms with Crippen LogP contribution in [0.3, 0.4) is 0 Å². The molecule has 0 aliphatic carbocycles. The minimum absolute atomic E-state index is 0.0567. The number of rotatable bonds is 27. The van der Waals surface area contributed by atoms with Gasteiger partial charge >= 0.3 is 0 Å². The molecule has 2 atom stereocenters. The molecule has 3 rings (SSSR count). The number of aliphatic hydroxyl groups excluding tert-OH is 4. The lowest BCUT2D eigenvalue weighted by Gasteiger charge is -2.10. The first-order valence-electron chi connectivity index (χ1n) is 18.2. The van der Waals surface area contributed by atoms with E-state index in [-0.39, 0.29) is 26.4 Å². The van der Waals surface area contributed by atoms with E-state index in [0.29, 0.717) is 11.5 Å². The first-order valence-corrected chi connectivity index (χ1v) is 19.0. The zero-order valence-electron chi connectivity index (χ0n) is 28.7. The van der Waals surface area contributed by atoms with Crippen molar-refractivity contribution in [3.8, 4) is 32.4 Å². The molecule has 0 spiro atoms. The van der Waals surface area contributed by atoms with Crippen LogP contribution in [0.1, 0.15) is 115 Å². The van der Waals surface area contributed by atoms with Crippen molar-refractivity contribution in [1.82, 2.24) is 0 Å². The number of thiophene rings is 1. The van der Waals surface area contributed by atoms with E-state index in [1.165, 1.54) is 118 Å². The Morgan fingerprint density at radius 1 is 0.553 bits per heavy atom. The number of unbranched alkanes of at least 4 members (excludes halogenated alkanes) is 15. The molecule has 262 valence electrons. The molecular formula is C40H60O6S. The molecule has 0 radical (unpaired) electrons. The molecule has 2 aromatic carbocycles. The van der Waals surface area contributed by atoms with Crippen molar-refractivity contribution in [2.24, 2.45) is 0 Å². The Morgan fingerprint density at radius 3 is 1.38 bits per heavy atom. The standard InChI is InChI=1S/C40H60O6S/c1-2-3-4-5-6-7-8-9-10-11-12-13-14-15-16-17-18-34-27-39(32-19-23-37(24-20-32)45-30-35(43)28-41)47-40(34)33-21-25-38(26-22-33)46-31-36(44)29-42/h19-27,35-36,41-44H,2-18,28-31H2,1H3. The van der Waals surface area contributed by atoms with Crippen LogP contribution in [0.2, 0.25) is 0 Å². The van der Waals surface area contributed by atoms with E-state index in [9.17, 15) is 10.2 Å². The van der Waals surface area contributed by atoms with Crippen molar-refractivity contribution >= 4 is 11.3 Å². The SMILES string of the molecule is CCCCCCCCCCCCCCCCCCc1cc(-c2ccc(OCC(O)CO)cc2)sc1-c1ccc(OCC(O)CO)cc1. The van der Waals surface area contributed by atoms with Crippen molar-refractivity contribution in [2.75, 3.05) is 26.4 Å². The molecule has 0 aliphatic heterocycles. The van der Waals surface area contributed by atoms with Gasteiger partial charge in [-0.2, -0.15) is 0 Å². The molecule has 0 bridgehead atoms. The monoisotopic (exact) mass is 668 g/mol. The van der Waals surface area contributed by atoms with Gasteiger partial charge in [0.2, 0.25) is 0 Å². The van der Waals surface area contributed by atoms with Gasteiger partial charge < -0.3 is 29.9 Å². The number of benzene rings is 2. The highest BCUT2D eigenvalue weighted by atomic mass is 32.1. The van der Waals surface area contributed by atoms with Crippen LogP contribution in [0.5, 0.6) is 11.5 Å². The van der Waals surface area contributed by atoms with Gasteiger partial charge in [-0.1, -0.05) is 103 Å². The molecule has 3 aromatic rings. The van der Waals surface area contributed by atoms with E-state index in [4.69, 9.17) is 19.7 Å². The van der Waals surface area contributed by atoms with Gasteiger partial charge in [0.1, 0.15) is 36.9 Å². The van der Waals surface area contributed by atoms with E-state index in [2.05, 4.69) is 25.1 Å². The third kappa shape index (κ3) is 15.6. The van der Waals surface area contributed by atoms with Crippen molar-refractivity contribution in [3.05, 3.63) is 60.2 Å². The zero-order chi connectivity index (χ0) is 33.5. The van der Waals surface area contributed by atoms with E-state index in [1.807, 2.05) is 36.4 Å². The third-order valence-corrected chi connectivity index (χ3v) is 9.95. The van der Waals surface area contributed by atoms with Crippen LogP contribution in [-0.4, -0.2) is 59.1 Å². The van der Waals surface area contributed by atoms with Crippen LogP contribution < -0.4 is 9.47 Å². The Balaban J connectivity index is 1.48. The molecule has 47 heavy (non-hydrogen) atoms. The lowest BCUT2D eigenvalue weighted by molar-refractivity contribution is 0.0536. The lowest BCUT2D eigenvalue weighted by Crippen LogP contribution is -2.21. The van der Waals surface area contributed by atoms with Crippen molar-refractivity contribution in [2.45, 2.75) is 128 Å². The molecular weight excluding hydrogens is 609 g/mol. The number of aryl methyl sites for hydroxylation is 1. The average Bonchev–Trinajstić information content (AvgIpc) is 3.53. The van der Waals surface area contributed by atoms with Crippen LogP contribution in [0.4, 0.5) is 0 Å². The maximum Gasteiger partial charge on any atom is 0.119 e. The molecule has 1 aromatic heterocycles. The zero-order valence-corrected chi connectivity index (χ0v) is 29.5. The van der Waals surface area contributed by atoms with Crippen LogP contribution >= 0.6 is 11.3 Å². The largest absolute Gasteiger partial charge is 0.491 e. The Kier molecular flexibility index (Phi) is 19.8. The van der Waals surface area contributed by atoms with Gasteiger partial charge in [0, 0.05) is 9.75 Å². The average molecular weight is 669 g/mol. The summed E-state index contributed by atoms with van der Waals surface area (Å²) >= 11 is 1.78. The van der Waals surface area contributed by atoms with Crippen LogP contribution in [0, 0.1) is 0 Å².